The van der Waals surface area contributed by atoms with Crippen molar-refractivity contribution >= 4 is 40.8 Å². The van der Waals surface area contributed by atoms with Crippen LogP contribution >= 0.6 is 11.8 Å². The van der Waals surface area contributed by atoms with E-state index in [1.165, 1.54) is 0 Å². The summed E-state index contributed by atoms with van der Waals surface area (Å²) < 4.78 is 33.4. The Morgan fingerprint density at radius 2 is 1.69 bits per heavy atom. The molecule has 7 heteroatoms. The summed E-state index contributed by atoms with van der Waals surface area (Å²) in [5, 5.41) is 9.71. The highest BCUT2D eigenvalue weighted by atomic mass is 32.2. The zero-order valence-electron chi connectivity index (χ0n) is 20.5. The fraction of sp³-hybridized carbons (Fsp3) is 0.0625. The van der Waals surface area contributed by atoms with Crippen LogP contribution in [0.15, 0.2) is 95.9 Å². The van der Waals surface area contributed by atoms with Crippen LogP contribution in [-0.4, -0.2) is 16.1 Å². The van der Waals surface area contributed by atoms with E-state index in [0.717, 1.165) is 45.0 Å². The van der Waals surface area contributed by atoms with Crippen LogP contribution in [0, 0.1) is 11.6 Å². The number of carboxylic acids is 1. The van der Waals surface area contributed by atoms with Gasteiger partial charge in [0.15, 0.2) is 11.6 Å². The number of aromatic carboxylic acids is 1. The van der Waals surface area contributed by atoms with Gasteiger partial charge < -0.3 is 9.84 Å². The van der Waals surface area contributed by atoms with Gasteiger partial charge in [-0.05, 0) is 71.3 Å². The van der Waals surface area contributed by atoms with Crippen molar-refractivity contribution in [3.8, 4) is 5.75 Å². The van der Waals surface area contributed by atoms with Crippen molar-refractivity contribution < 1.29 is 23.4 Å². The van der Waals surface area contributed by atoms with Gasteiger partial charge in [0.1, 0.15) is 12.4 Å². The van der Waals surface area contributed by atoms with E-state index in [2.05, 4.69) is 23.2 Å². The highest BCUT2D eigenvalue weighted by molar-refractivity contribution is 7.99. The summed E-state index contributed by atoms with van der Waals surface area (Å²) in [4.78, 5) is 16.7. The molecule has 1 aromatic heterocycles. The van der Waals surface area contributed by atoms with Gasteiger partial charge in [-0.25, -0.2) is 18.6 Å². The molecule has 0 saturated heterocycles. The molecule has 2 heterocycles. The minimum Gasteiger partial charge on any atom is -0.489 e. The Bertz CT molecular complexity index is 1750. The van der Waals surface area contributed by atoms with Crippen molar-refractivity contribution in [2.24, 2.45) is 0 Å². The predicted octanol–water partition coefficient (Wildman–Crippen LogP) is 8.16. The van der Waals surface area contributed by atoms with E-state index >= 15 is 0 Å². The number of hydrogen-bond acceptors (Lipinski definition) is 4. The Morgan fingerprint density at radius 3 is 2.51 bits per heavy atom. The Hall–Kier alpha value is -4.49. The Labute approximate surface area is 227 Å². The van der Waals surface area contributed by atoms with E-state index in [9.17, 15) is 18.7 Å². The molecule has 0 spiro atoms. The molecule has 0 radical (unpaired) electrons. The van der Waals surface area contributed by atoms with Gasteiger partial charge in [0, 0.05) is 21.9 Å². The molecule has 0 fully saturated rings. The van der Waals surface area contributed by atoms with E-state index in [1.807, 2.05) is 48.6 Å². The number of carboxylic acid groups (broad SMARTS) is 1. The maximum atomic E-state index is 13.7. The molecule has 4 aromatic carbocycles. The average molecular weight is 538 g/mol. The van der Waals surface area contributed by atoms with Crippen LogP contribution in [0.2, 0.25) is 0 Å². The molecular formula is C32H21F2NO3S. The number of fused-ring (bicyclic) bond motifs is 3. The number of nitrogens with zero attached hydrogens (tertiary/aromatic N) is 1. The van der Waals surface area contributed by atoms with Crippen molar-refractivity contribution in [2.75, 3.05) is 0 Å². The number of halogens is 2. The Kier molecular flexibility index (Phi) is 6.59. The second-order valence-corrected chi connectivity index (χ2v) is 10.3. The standard InChI is InChI=1S/C32H21F2NO3S/c33-27-16-21-7-11-23(35-29(21)17-28(27)34)10-5-19-6-14-30-26(15-19)31(25-4-2-1-3-22(25)18-38-30)39-24-12-8-20(9-13-24)32(36)37/h1-17,31H,18H2,(H,36,37). The molecule has 0 aliphatic carbocycles. The van der Waals surface area contributed by atoms with Crippen molar-refractivity contribution in [3.05, 3.63) is 136 Å². The summed E-state index contributed by atoms with van der Waals surface area (Å²) in [7, 11) is 0. The maximum absolute atomic E-state index is 13.7. The summed E-state index contributed by atoms with van der Waals surface area (Å²) in [6.45, 7) is 0.450. The molecule has 1 atom stereocenters. The van der Waals surface area contributed by atoms with E-state index in [0.29, 0.717) is 23.2 Å². The second-order valence-electron chi connectivity index (χ2n) is 9.14. The number of ether oxygens (including phenoxy) is 1. The molecule has 192 valence electrons. The molecule has 5 aromatic rings. The van der Waals surface area contributed by atoms with Crippen molar-refractivity contribution in [1.29, 1.82) is 0 Å². The van der Waals surface area contributed by atoms with Gasteiger partial charge in [0.2, 0.25) is 0 Å². The average Bonchev–Trinajstić information content (AvgIpc) is 3.09. The molecule has 6 rings (SSSR count). The molecular weight excluding hydrogens is 516 g/mol. The Balaban J connectivity index is 1.36. The van der Waals surface area contributed by atoms with Gasteiger partial charge in [0.05, 0.1) is 22.0 Å². The second kappa shape index (κ2) is 10.3. The fourth-order valence-corrected chi connectivity index (χ4v) is 5.83. The van der Waals surface area contributed by atoms with Gasteiger partial charge in [-0.15, -0.1) is 11.8 Å². The van der Waals surface area contributed by atoms with Crippen LogP contribution in [0.3, 0.4) is 0 Å². The van der Waals surface area contributed by atoms with E-state index in [1.54, 1.807) is 36.0 Å². The number of rotatable bonds is 5. The zero-order valence-corrected chi connectivity index (χ0v) is 21.3. The highest BCUT2D eigenvalue weighted by Crippen LogP contribution is 2.47. The monoisotopic (exact) mass is 537 g/mol. The molecule has 1 aliphatic heterocycles. The third-order valence-electron chi connectivity index (χ3n) is 6.59. The van der Waals surface area contributed by atoms with E-state index < -0.39 is 17.6 Å². The smallest absolute Gasteiger partial charge is 0.335 e. The first kappa shape index (κ1) is 24.8. The largest absolute Gasteiger partial charge is 0.489 e. The van der Waals surface area contributed by atoms with Gasteiger partial charge in [-0.1, -0.05) is 42.5 Å². The normalized spacial score (nSPS) is 14.5. The van der Waals surface area contributed by atoms with Crippen molar-refractivity contribution in [1.82, 2.24) is 4.98 Å². The maximum Gasteiger partial charge on any atom is 0.335 e. The molecule has 1 N–H and O–H groups in total. The Morgan fingerprint density at radius 1 is 0.897 bits per heavy atom. The molecule has 1 aliphatic rings. The molecule has 1 unspecified atom stereocenters. The third kappa shape index (κ3) is 5.13. The molecule has 4 nitrogen and oxygen atoms in total. The first-order valence-corrected chi connectivity index (χ1v) is 13.1. The van der Waals surface area contributed by atoms with Gasteiger partial charge >= 0.3 is 5.97 Å². The predicted molar refractivity (Wildman–Crippen MR) is 149 cm³/mol. The lowest BCUT2D eigenvalue weighted by atomic mass is 9.98. The quantitative estimate of drug-likeness (QED) is 0.245. The minimum absolute atomic E-state index is 0.0839. The number of benzene rings is 4. The van der Waals surface area contributed by atoms with Crippen LogP contribution in [0.25, 0.3) is 23.1 Å². The fourth-order valence-electron chi connectivity index (χ4n) is 4.60. The SMILES string of the molecule is O=C(O)c1ccc(SC2c3ccccc3COc3ccc(C=Cc4ccc5cc(F)c(F)cc5n4)cc32)cc1. The summed E-state index contributed by atoms with van der Waals surface area (Å²) in [6, 6.07) is 26.7. The lowest BCUT2D eigenvalue weighted by molar-refractivity contribution is 0.0697. The van der Waals surface area contributed by atoms with E-state index in [4.69, 9.17) is 4.74 Å². The number of pyridine rings is 1. The van der Waals surface area contributed by atoms with Gasteiger partial charge in [-0.3, -0.25) is 0 Å². The summed E-state index contributed by atoms with van der Waals surface area (Å²) in [5.41, 5.74) is 5.40. The summed E-state index contributed by atoms with van der Waals surface area (Å²) in [5.74, 6) is -2.00. The van der Waals surface area contributed by atoms with Crippen molar-refractivity contribution in [3.63, 3.8) is 0 Å². The molecule has 39 heavy (non-hydrogen) atoms. The van der Waals surface area contributed by atoms with Crippen LogP contribution < -0.4 is 4.74 Å². The number of carbonyl (C=O) groups is 1. The lowest BCUT2D eigenvalue weighted by Crippen LogP contribution is -2.00. The molecule has 0 saturated carbocycles. The first-order chi connectivity index (χ1) is 18.9. The number of thioether (sulfide) groups is 1. The van der Waals surface area contributed by atoms with Crippen LogP contribution in [0.4, 0.5) is 8.78 Å². The van der Waals surface area contributed by atoms with Crippen molar-refractivity contribution in [2.45, 2.75) is 16.8 Å². The highest BCUT2D eigenvalue weighted by Gasteiger charge is 2.26. The van der Waals surface area contributed by atoms with Gasteiger partial charge in [-0.2, -0.15) is 0 Å². The van der Waals surface area contributed by atoms with Crippen LogP contribution in [-0.2, 0) is 6.61 Å². The summed E-state index contributed by atoms with van der Waals surface area (Å²) >= 11 is 1.64. The zero-order chi connectivity index (χ0) is 26.9. The summed E-state index contributed by atoms with van der Waals surface area (Å²) in [6.07, 6.45) is 3.76. The van der Waals surface area contributed by atoms with Crippen LogP contribution in [0.1, 0.15) is 43.6 Å². The molecule has 0 amide bonds. The third-order valence-corrected chi connectivity index (χ3v) is 7.88. The molecule has 0 bridgehead atoms. The lowest BCUT2D eigenvalue weighted by Gasteiger charge is -2.19. The number of hydrogen-bond donors (Lipinski definition) is 1. The number of aromatic nitrogens is 1. The minimum atomic E-state index is -0.959. The first-order valence-electron chi connectivity index (χ1n) is 12.2. The topological polar surface area (TPSA) is 59.4 Å². The van der Waals surface area contributed by atoms with Gasteiger partial charge in [0.25, 0.3) is 0 Å². The van der Waals surface area contributed by atoms with E-state index in [-0.39, 0.29) is 10.8 Å². The van der Waals surface area contributed by atoms with Crippen LogP contribution in [0.5, 0.6) is 5.75 Å².